The van der Waals surface area contributed by atoms with Crippen molar-refractivity contribution in [2.45, 2.75) is 59.9 Å². The van der Waals surface area contributed by atoms with Crippen molar-refractivity contribution >= 4 is 0 Å². The fourth-order valence-corrected chi connectivity index (χ4v) is 1.59. The zero-order chi connectivity index (χ0) is 12.6. The first-order valence-corrected chi connectivity index (χ1v) is 6.25. The quantitative estimate of drug-likeness (QED) is 0.402. The minimum Gasteiger partial charge on any atom is -0.324 e. The standard InChI is InChI=1S/C15H27N/c1-6-8-9-10-11-14(15(16)7-2)13(5)12(3)4/h6,8,11,15H,7,9-10,16H2,1-5H3. The normalized spacial score (nSPS) is 14.2. The average Bonchev–Trinajstić information content (AvgIpc) is 2.27. The van der Waals surface area contributed by atoms with Crippen LogP contribution < -0.4 is 5.73 Å². The third-order valence-corrected chi connectivity index (χ3v) is 2.96. The van der Waals surface area contributed by atoms with E-state index in [1.807, 2.05) is 0 Å². The first-order chi connectivity index (χ1) is 7.54. The van der Waals surface area contributed by atoms with Gasteiger partial charge in [0, 0.05) is 6.04 Å². The van der Waals surface area contributed by atoms with Crippen molar-refractivity contribution in [3.05, 3.63) is 34.9 Å². The molecule has 1 heteroatoms. The average molecular weight is 221 g/mol. The van der Waals surface area contributed by atoms with Crippen LogP contribution in [0.4, 0.5) is 0 Å². The number of hydrogen-bond donors (Lipinski definition) is 1. The smallest absolute Gasteiger partial charge is 0.0291 e. The Hall–Kier alpha value is -0.820. The fraction of sp³-hybridized carbons (Fsp3) is 0.600. The maximum Gasteiger partial charge on any atom is 0.0291 e. The molecular formula is C15H27N. The lowest BCUT2D eigenvalue weighted by Crippen LogP contribution is -2.22. The molecule has 2 N–H and O–H groups in total. The van der Waals surface area contributed by atoms with E-state index < -0.39 is 0 Å². The van der Waals surface area contributed by atoms with Gasteiger partial charge in [-0.15, -0.1) is 0 Å². The number of allylic oxidation sites excluding steroid dienone is 4. The van der Waals surface area contributed by atoms with Gasteiger partial charge in [0.15, 0.2) is 0 Å². The van der Waals surface area contributed by atoms with E-state index >= 15 is 0 Å². The van der Waals surface area contributed by atoms with Gasteiger partial charge in [0.2, 0.25) is 0 Å². The van der Waals surface area contributed by atoms with E-state index in [-0.39, 0.29) is 6.04 Å². The predicted molar refractivity (Wildman–Crippen MR) is 74.4 cm³/mol. The molecule has 0 aromatic carbocycles. The van der Waals surface area contributed by atoms with Gasteiger partial charge in [-0.2, -0.15) is 0 Å². The van der Waals surface area contributed by atoms with Crippen LogP contribution in [0.3, 0.4) is 0 Å². The Morgan fingerprint density at radius 3 is 2.25 bits per heavy atom. The molecule has 16 heavy (non-hydrogen) atoms. The Balaban J connectivity index is 4.74. The summed E-state index contributed by atoms with van der Waals surface area (Å²) in [4.78, 5) is 0. The van der Waals surface area contributed by atoms with Crippen molar-refractivity contribution in [3.8, 4) is 0 Å². The largest absolute Gasteiger partial charge is 0.324 e. The monoisotopic (exact) mass is 221 g/mol. The molecule has 0 radical (unpaired) electrons. The van der Waals surface area contributed by atoms with Gasteiger partial charge in [-0.1, -0.05) is 30.7 Å². The molecule has 0 rings (SSSR count). The number of rotatable bonds is 6. The zero-order valence-electron chi connectivity index (χ0n) is 11.5. The second-order valence-electron chi connectivity index (χ2n) is 4.45. The van der Waals surface area contributed by atoms with Crippen LogP contribution in [-0.4, -0.2) is 6.04 Å². The molecule has 0 saturated carbocycles. The summed E-state index contributed by atoms with van der Waals surface area (Å²) in [7, 11) is 0. The minimum atomic E-state index is 0.181. The molecule has 0 aliphatic carbocycles. The summed E-state index contributed by atoms with van der Waals surface area (Å²) in [6.45, 7) is 10.7. The third-order valence-electron chi connectivity index (χ3n) is 2.96. The molecule has 0 bridgehead atoms. The van der Waals surface area contributed by atoms with Gasteiger partial charge in [-0.05, 0) is 58.1 Å². The Kier molecular flexibility index (Phi) is 7.92. The number of hydrogen-bond acceptors (Lipinski definition) is 1. The summed E-state index contributed by atoms with van der Waals surface area (Å²) in [5, 5.41) is 0. The topological polar surface area (TPSA) is 26.0 Å². The van der Waals surface area contributed by atoms with Crippen LogP contribution in [0.1, 0.15) is 53.9 Å². The molecule has 0 aliphatic heterocycles. The summed E-state index contributed by atoms with van der Waals surface area (Å²) in [6.07, 6.45) is 9.78. The van der Waals surface area contributed by atoms with Crippen molar-refractivity contribution in [2.75, 3.05) is 0 Å². The molecule has 0 aromatic rings. The molecule has 1 nitrogen and oxygen atoms in total. The van der Waals surface area contributed by atoms with Crippen LogP contribution in [0.5, 0.6) is 0 Å². The molecule has 92 valence electrons. The van der Waals surface area contributed by atoms with Gasteiger partial charge in [0.25, 0.3) is 0 Å². The number of unbranched alkanes of at least 4 members (excludes halogenated alkanes) is 1. The second kappa shape index (κ2) is 8.35. The van der Waals surface area contributed by atoms with E-state index in [0.717, 1.165) is 19.3 Å². The molecule has 1 unspecified atom stereocenters. The van der Waals surface area contributed by atoms with Crippen LogP contribution >= 0.6 is 0 Å². The first kappa shape index (κ1) is 15.2. The SMILES string of the molecule is CC=CCCC=C(C(C)=C(C)C)C(N)CC. The van der Waals surface area contributed by atoms with E-state index in [1.165, 1.54) is 16.7 Å². The lowest BCUT2D eigenvalue weighted by molar-refractivity contribution is 0.737. The Labute approximate surface area is 101 Å². The Morgan fingerprint density at radius 2 is 1.81 bits per heavy atom. The zero-order valence-corrected chi connectivity index (χ0v) is 11.5. The summed E-state index contributed by atoms with van der Waals surface area (Å²) < 4.78 is 0. The van der Waals surface area contributed by atoms with Crippen LogP contribution in [0, 0.1) is 0 Å². The highest BCUT2D eigenvalue weighted by Crippen LogP contribution is 2.19. The van der Waals surface area contributed by atoms with E-state index in [0.29, 0.717) is 0 Å². The van der Waals surface area contributed by atoms with Gasteiger partial charge in [-0.25, -0.2) is 0 Å². The molecule has 0 saturated heterocycles. The second-order valence-corrected chi connectivity index (χ2v) is 4.45. The minimum absolute atomic E-state index is 0.181. The molecule has 1 atom stereocenters. The lowest BCUT2D eigenvalue weighted by Gasteiger charge is -2.16. The molecule has 0 aromatic heterocycles. The van der Waals surface area contributed by atoms with Crippen LogP contribution in [0.2, 0.25) is 0 Å². The van der Waals surface area contributed by atoms with E-state index in [2.05, 4.69) is 52.8 Å². The molecule has 0 amide bonds. The molecule has 0 aliphatic rings. The lowest BCUT2D eigenvalue weighted by atomic mass is 9.94. The summed E-state index contributed by atoms with van der Waals surface area (Å²) in [6, 6.07) is 0.181. The van der Waals surface area contributed by atoms with Crippen LogP contribution in [0.15, 0.2) is 34.9 Å². The first-order valence-electron chi connectivity index (χ1n) is 6.25. The highest BCUT2D eigenvalue weighted by molar-refractivity contribution is 5.36. The van der Waals surface area contributed by atoms with E-state index in [4.69, 9.17) is 5.73 Å². The number of nitrogens with two attached hydrogens (primary N) is 1. The predicted octanol–water partition coefficient (Wildman–Crippen LogP) is 4.36. The maximum absolute atomic E-state index is 6.15. The van der Waals surface area contributed by atoms with Crippen molar-refractivity contribution in [1.29, 1.82) is 0 Å². The highest BCUT2D eigenvalue weighted by atomic mass is 14.6. The van der Waals surface area contributed by atoms with E-state index in [1.54, 1.807) is 0 Å². The summed E-state index contributed by atoms with van der Waals surface area (Å²) in [5.74, 6) is 0. The van der Waals surface area contributed by atoms with Crippen molar-refractivity contribution < 1.29 is 0 Å². The van der Waals surface area contributed by atoms with Gasteiger partial charge in [0.1, 0.15) is 0 Å². The van der Waals surface area contributed by atoms with Crippen LogP contribution in [0.25, 0.3) is 0 Å². The highest BCUT2D eigenvalue weighted by Gasteiger charge is 2.09. The summed E-state index contributed by atoms with van der Waals surface area (Å²) in [5.41, 5.74) is 10.2. The Bertz CT molecular complexity index is 278. The van der Waals surface area contributed by atoms with Gasteiger partial charge < -0.3 is 5.73 Å². The molecule has 0 heterocycles. The maximum atomic E-state index is 6.15. The molecule has 0 spiro atoms. The van der Waals surface area contributed by atoms with E-state index in [9.17, 15) is 0 Å². The van der Waals surface area contributed by atoms with Crippen molar-refractivity contribution in [3.63, 3.8) is 0 Å². The third kappa shape index (κ3) is 5.32. The molecule has 0 fully saturated rings. The Morgan fingerprint density at radius 1 is 1.19 bits per heavy atom. The summed E-state index contributed by atoms with van der Waals surface area (Å²) >= 11 is 0. The van der Waals surface area contributed by atoms with Crippen molar-refractivity contribution in [1.82, 2.24) is 0 Å². The van der Waals surface area contributed by atoms with Gasteiger partial charge in [-0.3, -0.25) is 0 Å². The van der Waals surface area contributed by atoms with Gasteiger partial charge >= 0.3 is 0 Å². The fourth-order valence-electron chi connectivity index (χ4n) is 1.59. The molecular weight excluding hydrogens is 194 g/mol. The van der Waals surface area contributed by atoms with Crippen molar-refractivity contribution in [2.24, 2.45) is 5.73 Å². The van der Waals surface area contributed by atoms with Crippen LogP contribution in [-0.2, 0) is 0 Å². The van der Waals surface area contributed by atoms with Gasteiger partial charge in [0.05, 0.1) is 0 Å².